The van der Waals surface area contributed by atoms with Crippen molar-refractivity contribution in [3.8, 4) is 0 Å². The number of rotatable bonds is 12. The van der Waals surface area contributed by atoms with Crippen molar-refractivity contribution in [2.24, 2.45) is 17.3 Å². The third-order valence-electron chi connectivity index (χ3n) is 8.23. The second-order valence-corrected chi connectivity index (χ2v) is 16.1. The van der Waals surface area contributed by atoms with E-state index in [4.69, 9.17) is 4.74 Å². The van der Waals surface area contributed by atoms with E-state index in [0.717, 1.165) is 72.9 Å². The van der Waals surface area contributed by atoms with Crippen LogP contribution in [-0.2, 0) is 19.6 Å². The molecule has 1 fully saturated rings. The Bertz CT molecular complexity index is 1360. The van der Waals surface area contributed by atoms with Crippen LogP contribution in [-0.4, -0.2) is 70.5 Å². The maximum Gasteiger partial charge on any atom is 0.311 e. The van der Waals surface area contributed by atoms with Crippen LogP contribution in [0.2, 0.25) is 0 Å². The molecule has 2 aromatic rings. The largest absolute Gasteiger partial charge is 0.465 e. The number of carbonyl (C=O) groups is 1. The van der Waals surface area contributed by atoms with Crippen molar-refractivity contribution < 1.29 is 22.3 Å². The molecule has 0 spiro atoms. The van der Waals surface area contributed by atoms with Crippen molar-refractivity contribution in [2.75, 3.05) is 51.8 Å². The predicted molar refractivity (Wildman–Crippen MR) is 167 cm³/mol. The molecule has 0 unspecified atom stereocenters. The summed E-state index contributed by atoms with van der Waals surface area (Å²) in [5.74, 6) is 0.600. The number of nitrogens with zero attached hydrogens (tertiary/aromatic N) is 3. The number of hydrogen-bond donors (Lipinski definition) is 0. The Morgan fingerprint density at radius 2 is 1.71 bits per heavy atom. The minimum atomic E-state index is -3.60. The first-order valence-corrected chi connectivity index (χ1v) is 17.2. The molecule has 0 bridgehead atoms. The van der Waals surface area contributed by atoms with E-state index in [1.165, 1.54) is 36.2 Å². The summed E-state index contributed by atoms with van der Waals surface area (Å²) in [7, 11) is -0.550. The highest BCUT2D eigenvalue weighted by Gasteiger charge is 2.31. The molecule has 2 aliphatic rings. The second-order valence-electron chi connectivity index (χ2n) is 12.8. The van der Waals surface area contributed by atoms with Crippen molar-refractivity contribution >= 4 is 39.1 Å². The molecule has 0 aromatic heterocycles. The number of halogens is 1. The van der Waals surface area contributed by atoms with Gasteiger partial charge in [-0.25, -0.2) is 17.1 Å². The Labute approximate surface area is 255 Å². The van der Waals surface area contributed by atoms with Crippen LogP contribution in [0, 0.1) is 23.1 Å². The van der Waals surface area contributed by atoms with E-state index in [1.807, 2.05) is 19.9 Å². The number of likely N-dealkylation sites (tertiary alicyclic amines) is 1. The van der Waals surface area contributed by atoms with Crippen LogP contribution in [0.1, 0.15) is 59.8 Å². The van der Waals surface area contributed by atoms with Gasteiger partial charge in [-0.05, 0) is 114 Å². The van der Waals surface area contributed by atoms with Crippen LogP contribution in [0.15, 0.2) is 51.1 Å². The zero-order valence-corrected chi connectivity index (χ0v) is 27.5. The molecule has 232 valence electrons. The number of fused-ring (bicyclic) bond motifs is 2. The highest BCUT2D eigenvalue weighted by molar-refractivity contribution is 7.99. The SMILES string of the molecule is CC(C)CC(C)(C)C(=O)OCCC1CCN(CCCN2c3cc(F)ccc3Sc3ccc(S(=O)(=O)N(C)C)cc32)CC1. The molecule has 2 heterocycles. The smallest absolute Gasteiger partial charge is 0.311 e. The number of hydrogen-bond acceptors (Lipinski definition) is 7. The molecule has 2 aliphatic heterocycles. The topological polar surface area (TPSA) is 70.2 Å². The first-order valence-electron chi connectivity index (χ1n) is 15.0. The van der Waals surface area contributed by atoms with Crippen LogP contribution >= 0.6 is 11.8 Å². The molecule has 4 rings (SSSR count). The van der Waals surface area contributed by atoms with Crippen LogP contribution in [0.3, 0.4) is 0 Å². The van der Waals surface area contributed by atoms with E-state index in [1.54, 1.807) is 24.3 Å². The summed E-state index contributed by atoms with van der Waals surface area (Å²) in [5.41, 5.74) is 1.13. The predicted octanol–water partition coefficient (Wildman–Crippen LogP) is 6.79. The number of carbonyl (C=O) groups excluding carboxylic acids is 1. The van der Waals surface area contributed by atoms with Gasteiger partial charge in [0.05, 0.1) is 28.3 Å². The van der Waals surface area contributed by atoms with E-state index in [2.05, 4.69) is 23.6 Å². The molecule has 0 N–H and O–H groups in total. The van der Waals surface area contributed by atoms with Gasteiger partial charge >= 0.3 is 5.97 Å². The quantitative estimate of drug-likeness (QED) is 0.243. The molecule has 0 saturated carbocycles. The Morgan fingerprint density at radius 1 is 1.07 bits per heavy atom. The highest BCUT2D eigenvalue weighted by atomic mass is 32.2. The Morgan fingerprint density at radius 3 is 2.36 bits per heavy atom. The number of sulfonamides is 1. The third kappa shape index (κ3) is 7.87. The van der Waals surface area contributed by atoms with Gasteiger partial charge in [0, 0.05) is 30.4 Å². The Kier molecular flexibility index (Phi) is 10.7. The minimum Gasteiger partial charge on any atom is -0.465 e. The lowest BCUT2D eigenvalue weighted by atomic mass is 9.84. The van der Waals surface area contributed by atoms with Gasteiger partial charge in [0.2, 0.25) is 10.0 Å². The van der Waals surface area contributed by atoms with Gasteiger partial charge in [-0.1, -0.05) is 25.6 Å². The van der Waals surface area contributed by atoms with Crippen LogP contribution in [0.4, 0.5) is 15.8 Å². The van der Waals surface area contributed by atoms with Crippen molar-refractivity contribution in [1.82, 2.24) is 9.21 Å². The molecule has 2 aromatic carbocycles. The minimum absolute atomic E-state index is 0.0980. The third-order valence-corrected chi connectivity index (χ3v) is 11.2. The van der Waals surface area contributed by atoms with Crippen LogP contribution in [0.25, 0.3) is 0 Å². The van der Waals surface area contributed by atoms with Crippen LogP contribution < -0.4 is 4.90 Å². The van der Waals surface area contributed by atoms with Gasteiger partial charge in [-0.15, -0.1) is 0 Å². The lowest BCUT2D eigenvalue weighted by molar-refractivity contribution is -0.155. The molecule has 10 heteroatoms. The fourth-order valence-corrected chi connectivity index (χ4v) is 7.99. The first kappa shape index (κ1) is 32.8. The molecular weight excluding hydrogens is 574 g/mol. The normalized spacial score (nSPS) is 16.5. The standard InChI is InChI=1S/C32H46FN3O4S2/c1-23(2)22-32(3,4)31(37)40-19-14-24-12-17-35(18-13-24)15-7-16-36-27-20-25(33)8-10-29(27)41-30-11-9-26(21-28(30)36)42(38,39)34(5)6/h8-11,20-21,23-24H,7,12-19,22H2,1-6H3. The molecule has 42 heavy (non-hydrogen) atoms. The summed E-state index contributed by atoms with van der Waals surface area (Å²) in [6.07, 6.45) is 4.74. The molecule has 0 radical (unpaired) electrons. The summed E-state index contributed by atoms with van der Waals surface area (Å²) >= 11 is 1.54. The van der Waals surface area contributed by atoms with Crippen molar-refractivity contribution in [1.29, 1.82) is 0 Å². The summed E-state index contributed by atoms with van der Waals surface area (Å²) in [6, 6.07) is 10.0. The molecule has 0 amide bonds. The molecule has 1 saturated heterocycles. The molecular formula is C32H46FN3O4S2. The van der Waals surface area contributed by atoms with Gasteiger partial charge in [-0.3, -0.25) is 4.79 Å². The van der Waals surface area contributed by atoms with Gasteiger partial charge in [0.25, 0.3) is 0 Å². The van der Waals surface area contributed by atoms with Gasteiger partial charge in [0.15, 0.2) is 0 Å². The monoisotopic (exact) mass is 619 g/mol. The van der Waals surface area contributed by atoms with E-state index in [9.17, 15) is 17.6 Å². The van der Waals surface area contributed by atoms with Crippen LogP contribution in [0.5, 0.6) is 0 Å². The fraction of sp³-hybridized carbons (Fsp3) is 0.594. The molecule has 0 aliphatic carbocycles. The Balaban J connectivity index is 1.32. The zero-order chi connectivity index (χ0) is 30.7. The average Bonchev–Trinajstić information content (AvgIpc) is 2.92. The van der Waals surface area contributed by atoms with Crippen molar-refractivity contribution in [2.45, 2.75) is 74.5 Å². The van der Waals surface area contributed by atoms with Crippen molar-refractivity contribution in [3.05, 3.63) is 42.2 Å². The number of ether oxygens (including phenoxy) is 1. The number of piperidine rings is 1. The molecule has 7 nitrogen and oxygen atoms in total. The highest BCUT2D eigenvalue weighted by Crippen LogP contribution is 2.49. The average molecular weight is 620 g/mol. The molecule has 0 atom stereocenters. The maximum atomic E-state index is 14.3. The summed E-state index contributed by atoms with van der Waals surface area (Å²) in [4.78, 5) is 19.2. The lowest BCUT2D eigenvalue weighted by Crippen LogP contribution is -2.36. The lowest BCUT2D eigenvalue weighted by Gasteiger charge is -2.35. The van der Waals surface area contributed by atoms with Gasteiger partial charge in [-0.2, -0.15) is 0 Å². The first-order chi connectivity index (χ1) is 19.8. The van der Waals surface area contributed by atoms with E-state index in [-0.39, 0.29) is 16.7 Å². The maximum absolute atomic E-state index is 14.3. The Hall–Kier alpha value is -2.14. The fourth-order valence-electron chi connectivity index (χ4n) is 6.01. The number of benzene rings is 2. The van der Waals surface area contributed by atoms with E-state index >= 15 is 0 Å². The summed E-state index contributed by atoms with van der Waals surface area (Å²) < 4.78 is 46.9. The van der Waals surface area contributed by atoms with Gasteiger partial charge in [0.1, 0.15) is 5.82 Å². The number of esters is 1. The number of anilines is 2. The zero-order valence-electron chi connectivity index (χ0n) is 25.9. The second kappa shape index (κ2) is 13.7. The summed E-state index contributed by atoms with van der Waals surface area (Å²) in [5, 5.41) is 0. The van der Waals surface area contributed by atoms with Gasteiger partial charge < -0.3 is 14.5 Å². The van der Waals surface area contributed by atoms with E-state index < -0.39 is 15.4 Å². The summed E-state index contributed by atoms with van der Waals surface area (Å²) in [6.45, 7) is 12.2. The van der Waals surface area contributed by atoms with E-state index in [0.29, 0.717) is 25.0 Å². The van der Waals surface area contributed by atoms with Crippen molar-refractivity contribution in [3.63, 3.8) is 0 Å².